The van der Waals surface area contributed by atoms with Crippen LogP contribution in [0.2, 0.25) is 5.02 Å². The standard InChI is InChI=1S/C27H22ClN3O3S/c1-16-9-10-18(13-17(16)2)23-11-12-24(34-23)26(33)31-27(35)30-22-8-4-7-21(15-22)29-25(32)19-5-3-6-20(28)14-19/h3-15H,1-2H3,(H,29,32)(H2,30,31,33,35). The molecule has 0 fully saturated rings. The number of halogens is 1. The molecule has 3 aromatic carbocycles. The van der Waals surface area contributed by atoms with Gasteiger partial charge < -0.3 is 15.1 Å². The molecular formula is C27H22ClN3O3S. The van der Waals surface area contributed by atoms with Crippen molar-refractivity contribution >= 4 is 52.1 Å². The van der Waals surface area contributed by atoms with E-state index in [1.165, 1.54) is 5.56 Å². The lowest BCUT2D eigenvalue weighted by molar-refractivity contribution is 0.0950. The maximum Gasteiger partial charge on any atom is 0.293 e. The summed E-state index contributed by atoms with van der Waals surface area (Å²) in [5.74, 6) is -0.0221. The van der Waals surface area contributed by atoms with Crippen LogP contribution in [0.15, 0.2) is 83.3 Å². The Bertz CT molecular complexity index is 1430. The Morgan fingerprint density at radius 1 is 0.800 bits per heavy atom. The van der Waals surface area contributed by atoms with Crippen LogP contribution in [0.1, 0.15) is 32.0 Å². The Kier molecular flexibility index (Phi) is 7.29. The molecule has 0 atom stereocenters. The number of rotatable bonds is 5. The van der Waals surface area contributed by atoms with E-state index in [1.807, 2.05) is 32.0 Å². The molecule has 0 saturated heterocycles. The summed E-state index contributed by atoms with van der Waals surface area (Å²) in [5.41, 5.74) is 4.80. The van der Waals surface area contributed by atoms with Gasteiger partial charge >= 0.3 is 0 Å². The first-order chi connectivity index (χ1) is 16.8. The van der Waals surface area contributed by atoms with Crippen molar-refractivity contribution in [2.45, 2.75) is 13.8 Å². The van der Waals surface area contributed by atoms with Gasteiger partial charge in [0.1, 0.15) is 5.76 Å². The van der Waals surface area contributed by atoms with E-state index in [0.717, 1.165) is 11.1 Å². The summed E-state index contributed by atoms with van der Waals surface area (Å²) in [6.07, 6.45) is 0. The van der Waals surface area contributed by atoms with Crippen molar-refractivity contribution in [3.63, 3.8) is 0 Å². The van der Waals surface area contributed by atoms with Gasteiger partial charge in [-0.15, -0.1) is 0 Å². The molecule has 0 bridgehead atoms. The smallest absolute Gasteiger partial charge is 0.293 e. The molecule has 6 nitrogen and oxygen atoms in total. The average Bonchev–Trinajstić information content (AvgIpc) is 3.31. The van der Waals surface area contributed by atoms with E-state index >= 15 is 0 Å². The van der Waals surface area contributed by atoms with E-state index in [-0.39, 0.29) is 16.8 Å². The lowest BCUT2D eigenvalue weighted by Gasteiger charge is -2.11. The highest BCUT2D eigenvalue weighted by Gasteiger charge is 2.14. The van der Waals surface area contributed by atoms with Crippen LogP contribution in [-0.4, -0.2) is 16.9 Å². The van der Waals surface area contributed by atoms with Crippen LogP contribution in [0.4, 0.5) is 11.4 Å². The number of carbonyl (C=O) groups is 2. The van der Waals surface area contributed by atoms with Crippen LogP contribution in [0.25, 0.3) is 11.3 Å². The van der Waals surface area contributed by atoms with Crippen LogP contribution in [-0.2, 0) is 0 Å². The van der Waals surface area contributed by atoms with Gasteiger partial charge in [0.25, 0.3) is 11.8 Å². The average molecular weight is 504 g/mol. The summed E-state index contributed by atoms with van der Waals surface area (Å²) in [4.78, 5) is 25.1. The number of amides is 2. The summed E-state index contributed by atoms with van der Waals surface area (Å²) >= 11 is 11.2. The van der Waals surface area contributed by atoms with Gasteiger partial charge in [0.2, 0.25) is 0 Å². The first kappa shape index (κ1) is 24.2. The normalized spacial score (nSPS) is 10.5. The monoisotopic (exact) mass is 503 g/mol. The number of nitrogens with one attached hydrogen (secondary N) is 3. The van der Waals surface area contributed by atoms with Gasteiger partial charge in [0.05, 0.1) is 0 Å². The Hall–Kier alpha value is -3.94. The third-order valence-corrected chi connectivity index (χ3v) is 5.75. The van der Waals surface area contributed by atoms with Gasteiger partial charge in [0, 0.05) is 27.5 Å². The second-order valence-corrected chi connectivity index (χ2v) is 8.76. The SMILES string of the molecule is Cc1ccc(-c2ccc(C(=O)NC(=S)Nc3cccc(NC(=O)c4cccc(Cl)c4)c3)o2)cc1C. The van der Waals surface area contributed by atoms with E-state index in [2.05, 4.69) is 16.0 Å². The molecule has 35 heavy (non-hydrogen) atoms. The predicted octanol–water partition coefficient (Wildman–Crippen LogP) is 6.60. The molecule has 2 amide bonds. The van der Waals surface area contributed by atoms with Crippen LogP contribution in [0, 0.1) is 13.8 Å². The number of anilines is 2. The van der Waals surface area contributed by atoms with Gasteiger partial charge in [-0.1, -0.05) is 35.9 Å². The van der Waals surface area contributed by atoms with Crippen molar-refractivity contribution in [2.24, 2.45) is 0 Å². The molecule has 176 valence electrons. The summed E-state index contributed by atoms with van der Waals surface area (Å²) in [7, 11) is 0. The maximum absolute atomic E-state index is 12.6. The minimum Gasteiger partial charge on any atom is -0.451 e. The van der Waals surface area contributed by atoms with E-state index in [9.17, 15) is 9.59 Å². The van der Waals surface area contributed by atoms with Crippen molar-refractivity contribution in [3.05, 3.63) is 106 Å². The van der Waals surface area contributed by atoms with E-state index < -0.39 is 5.91 Å². The lowest BCUT2D eigenvalue weighted by Crippen LogP contribution is -2.33. The van der Waals surface area contributed by atoms with Crippen molar-refractivity contribution in [1.29, 1.82) is 0 Å². The van der Waals surface area contributed by atoms with Gasteiger partial charge in [0.15, 0.2) is 10.9 Å². The van der Waals surface area contributed by atoms with E-state index in [1.54, 1.807) is 60.7 Å². The molecule has 0 aliphatic heterocycles. The molecule has 0 saturated carbocycles. The minimum absolute atomic E-state index is 0.0949. The molecule has 1 aromatic heterocycles. The second kappa shape index (κ2) is 10.5. The molecule has 4 aromatic rings. The van der Waals surface area contributed by atoms with E-state index in [4.69, 9.17) is 28.2 Å². The highest BCUT2D eigenvalue weighted by atomic mass is 35.5. The molecule has 0 aliphatic rings. The molecule has 0 spiro atoms. The summed E-state index contributed by atoms with van der Waals surface area (Å²) < 4.78 is 5.73. The first-order valence-electron chi connectivity index (χ1n) is 10.8. The highest BCUT2D eigenvalue weighted by Crippen LogP contribution is 2.24. The fourth-order valence-electron chi connectivity index (χ4n) is 3.34. The Morgan fingerprint density at radius 3 is 2.29 bits per heavy atom. The molecule has 4 rings (SSSR count). The van der Waals surface area contributed by atoms with Crippen molar-refractivity contribution in [2.75, 3.05) is 10.6 Å². The molecule has 3 N–H and O–H groups in total. The zero-order valence-electron chi connectivity index (χ0n) is 19.0. The van der Waals surface area contributed by atoms with Crippen LogP contribution in [0.3, 0.4) is 0 Å². The summed E-state index contributed by atoms with van der Waals surface area (Å²) in [6.45, 7) is 4.06. The summed E-state index contributed by atoms with van der Waals surface area (Å²) in [5, 5.41) is 8.93. The molecule has 0 unspecified atom stereocenters. The number of benzene rings is 3. The first-order valence-corrected chi connectivity index (χ1v) is 11.5. The minimum atomic E-state index is -0.469. The fourth-order valence-corrected chi connectivity index (χ4v) is 3.75. The molecule has 8 heteroatoms. The fraction of sp³-hybridized carbons (Fsp3) is 0.0741. The predicted molar refractivity (Wildman–Crippen MR) is 143 cm³/mol. The Morgan fingerprint density at radius 2 is 1.54 bits per heavy atom. The van der Waals surface area contributed by atoms with Gasteiger partial charge in [-0.25, -0.2) is 0 Å². The zero-order chi connectivity index (χ0) is 24.9. The molecule has 0 aliphatic carbocycles. The van der Waals surface area contributed by atoms with Gasteiger partial charge in [-0.2, -0.15) is 0 Å². The number of hydrogen-bond acceptors (Lipinski definition) is 4. The number of furan rings is 1. The lowest BCUT2D eigenvalue weighted by atomic mass is 10.1. The summed E-state index contributed by atoms with van der Waals surface area (Å²) in [6, 6.07) is 23.0. The van der Waals surface area contributed by atoms with Crippen molar-refractivity contribution in [1.82, 2.24) is 5.32 Å². The number of hydrogen-bond donors (Lipinski definition) is 3. The second-order valence-electron chi connectivity index (χ2n) is 7.92. The quantitative estimate of drug-likeness (QED) is 0.267. The van der Waals surface area contributed by atoms with E-state index in [0.29, 0.717) is 27.7 Å². The van der Waals surface area contributed by atoms with Gasteiger partial charge in [-0.05, 0) is 91.8 Å². The largest absolute Gasteiger partial charge is 0.451 e. The highest BCUT2D eigenvalue weighted by molar-refractivity contribution is 7.80. The Labute approximate surface area is 213 Å². The van der Waals surface area contributed by atoms with Crippen LogP contribution in [0.5, 0.6) is 0 Å². The van der Waals surface area contributed by atoms with Crippen molar-refractivity contribution in [3.8, 4) is 11.3 Å². The van der Waals surface area contributed by atoms with Crippen molar-refractivity contribution < 1.29 is 14.0 Å². The molecular weight excluding hydrogens is 482 g/mol. The number of aryl methyl sites for hydroxylation is 2. The molecule has 1 heterocycles. The maximum atomic E-state index is 12.6. The third-order valence-electron chi connectivity index (χ3n) is 5.31. The number of carbonyl (C=O) groups excluding carboxylic acids is 2. The molecule has 0 radical (unpaired) electrons. The Balaban J connectivity index is 1.37. The third kappa shape index (κ3) is 6.15. The number of thiocarbonyl (C=S) groups is 1. The van der Waals surface area contributed by atoms with Gasteiger partial charge in [-0.3, -0.25) is 14.9 Å². The topological polar surface area (TPSA) is 83.4 Å². The van der Waals surface area contributed by atoms with Crippen LogP contribution < -0.4 is 16.0 Å². The van der Waals surface area contributed by atoms with Crippen LogP contribution >= 0.6 is 23.8 Å². The zero-order valence-corrected chi connectivity index (χ0v) is 20.6.